The monoisotopic (exact) mass is 420 g/mol. The molecule has 0 spiro atoms. The number of alkyl halides is 3. The number of aliphatic hydroxyl groups is 1. The highest BCUT2D eigenvalue weighted by molar-refractivity contribution is 7.89. The van der Waals surface area contributed by atoms with Crippen molar-refractivity contribution in [3.8, 4) is 0 Å². The molecule has 0 aliphatic rings. The number of aryl methyl sites for hydroxylation is 2. The number of rotatable bonds is 6. The fourth-order valence-electron chi connectivity index (χ4n) is 2.62. The van der Waals surface area contributed by atoms with Crippen LogP contribution in [0.5, 0.6) is 0 Å². The summed E-state index contributed by atoms with van der Waals surface area (Å²) in [6.45, 7) is 0.989. The number of nitrogens with zero attached hydrogens (tertiary/aromatic N) is 2. The lowest BCUT2D eigenvalue weighted by molar-refractivity contribution is -0.272. The molecule has 0 radical (unpaired) electrons. The van der Waals surface area contributed by atoms with Crippen LogP contribution in [0.25, 0.3) is 0 Å². The molecule has 1 aromatic heterocycles. The van der Waals surface area contributed by atoms with Gasteiger partial charge in [-0.2, -0.15) is 13.2 Å². The first-order chi connectivity index (χ1) is 12.8. The third-order valence-electron chi connectivity index (χ3n) is 4.21. The molecule has 28 heavy (non-hydrogen) atoms. The maximum absolute atomic E-state index is 13.4. The summed E-state index contributed by atoms with van der Waals surface area (Å²) in [6, 6.07) is 3.61. The van der Waals surface area contributed by atoms with E-state index in [1.54, 1.807) is 0 Å². The van der Waals surface area contributed by atoms with Crippen molar-refractivity contribution < 1.29 is 31.5 Å². The highest BCUT2D eigenvalue weighted by Crippen LogP contribution is 2.40. The first kappa shape index (κ1) is 21.9. The molecule has 0 saturated heterocycles. The number of carbonyl (C=O) groups is 1. The Labute approximate surface area is 159 Å². The fourth-order valence-corrected chi connectivity index (χ4v) is 3.16. The van der Waals surface area contributed by atoms with Crippen molar-refractivity contribution in [3.63, 3.8) is 0 Å². The molecule has 0 fully saturated rings. The van der Waals surface area contributed by atoms with Crippen molar-refractivity contribution >= 4 is 15.9 Å². The van der Waals surface area contributed by atoms with Crippen LogP contribution in [0.1, 0.15) is 28.2 Å². The van der Waals surface area contributed by atoms with Crippen molar-refractivity contribution in [2.75, 3.05) is 6.54 Å². The number of hydrogen-bond donors (Lipinski definition) is 3. The molecule has 1 unspecified atom stereocenters. The molecule has 0 bridgehead atoms. The number of primary sulfonamides is 1. The molecular formula is C16H19F3N4O4S. The predicted molar refractivity (Wildman–Crippen MR) is 92.7 cm³/mol. The minimum atomic E-state index is -5.03. The van der Waals surface area contributed by atoms with E-state index in [4.69, 9.17) is 5.14 Å². The molecular weight excluding hydrogens is 401 g/mol. The Morgan fingerprint density at radius 3 is 2.50 bits per heavy atom. The summed E-state index contributed by atoms with van der Waals surface area (Å²) < 4.78 is 64.2. The minimum Gasteiger partial charge on any atom is -0.374 e. The molecule has 2 aromatic rings. The molecule has 4 N–H and O–H groups in total. The van der Waals surface area contributed by atoms with Gasteiger partial charge in [-0.05, 0) is 24.6 Å². The second kappa shape index (κ2) is 7.53. The Morgan fingerprint density at radius 2 is 2.00 bits per heavy atom. The van der Waals surface area contributed by atoms with Gasteiger partial charge in [-0.25, -0.2) is 18.5 Å². The minimum absolute atomic E-state index is 0.0564. The van der Waals surface area contributed by atoms with E-state index in [9.17, 15) is 31.5 Å². The summed E-state index contributed by atoms with van der Waals surface area (Å²) >= 11 is 0. The first-order valence-corrected chi connectivity index (χ1v) is 9.50. The van der Waals surface area contributed by atoms with Gasteiger partial charge < -0.3 is 15.0 Å². The Kier molecular flexibility index (Phi) is 5.87. The number of aromatic nitrogens is 2. The fraction of sp³-hybridized carbons (Fsp3) is 0.375. The van der Waals surface area contributed by atoms with Gasteiger partial charge >= 0.3 is 6.18 Å². The average Bonchev–Trinajstić information content (AvgIpc) is 2.99. The summed E-state index contributed by atoms with van der Waals surface area (Å²) in [5.74, 6) is -1.41. The molecule has 0 aliphatic carbocycles. The SMILES string of the molecule is Cc1ccc(S(N)(=O)=O)cc1C(=O)NCCC(O)(c1nccn1C)C(F)(F)F. The molecule has 0 aliphatic heterocycles. The topological polar surface area (TPSA) is 127 Å². The molecule has 1 amide bonds. The molecule has 1 aromatic carbocycles. The summed E-state index contributed by atoms with van der Waals surface area (Å²) in [6.07, 6.45) is -3.54. The van der Waals surface area contributed by atoms with Crippen LogP contribution in [-0.4, -0.2) is 41.7 Å². The van der Waals surface area contributed by atoms with Crippen LogP contribution >= 0.6 is 0 Å². The molecule has 154 valence electrons. The van der Waals surface area contributed by atoms with Crippen molar-refractivity contribution in [1.82, 2.24) is 14.9 Å². The third kappa shape index (κ3) is 4.34. The second-order valence-corrected chi connectivity index (χ2v) is 7.81. The summed E-state index contributed by atoms with van der Waals surface area (Å²) in [4.78, 5) is 15.6. The molecule has 2 rings (SSSR count). The zero-order valence-corrected chi connectivity index (χ0v) is 15.8. The number of nitrogens with one attached hydrogen (secondary N) is 1. The highest BCUT2D eigenvalue weighted by atomic mass is 32.2. The average molecular weight is 420 g/mol. The van der Waals surface area contributed by atoms with Gasteiger partial charge in [-0.15, -0.1) is 0 Å². The summed E-state index contributed by atoms with van der Waals surface area (Å²) in [7, 11) is -2.75. The standard InChI is InChI=1S/C16H19F3N4O4S/c1-10-3-4-11(28(20,26)27)9-12(10)13(24)21-6-5-15(25,16(17,18)19)14-22-7-8-23(14)2/h3-4,7-9,25H,5-6H2,1-2H3,(H,21,24)(H2,20,26,27). The third-order valence-corrected chi connectivity index (χ3v) is 5.13. The lowest BCUT2D eigenvalue weighted by atomic mass is 9.97. The molecule has 8 nitrogen and oxygen atoms in total. The molecule has 12 heteroatoms. The van der Waals surface area contributed by atoms with Gasteiger partial charge in [0, 0.05) is 38.0 Å². The lowest BCUT2D eigenvalue weighted by Gasteiger charge is -2.30. The van der Waals surface area contributed by atoms with Gasteiger partial charge in [0.25, 0.3) is 5.91 Å². The van der Waals surface area contributed by atoms with E-state index >= 15 is 0 Å². The smallest absolute Gasteiger partial charge is 0.374 e. The number of amides is 1. The maximum atomic E-state index is 13.4. The number of benzene rings is 1. The van der Waals surface area contributed by atoms with Crippen LogP contribution in [0.3, 0.4) is 0 Å². The van der Waals surface area contributed by atoms with Gasteiger partial charge in [-0.3, -0.25) is 4.79 Å². The van der Waals surface area contributed by atoms with E-state index in [0.717, 1.165) is 16.8 Å². The first-order valence-electron chi connectivity index (χ1n) is 7.96. The largest absolute Gasteiger partial charge is 0.424 e. The van der Waals surface area contributed by atoms with Crippen molar-refractivity contribution in [1.29, 1.82) is 0 Å². The number of imidazole rings is 1. The molecule has 1 atom stereocenters. The Bertz CT molecular complexity index is 988. The second-order valence-electron chi connectivity index (χ2n) is 6.25. The van der Waals surface area contributed by atoms with E-state index < -0.39 is 46.5 Å². The van der Waals surface area contributed by atoms with Crippen LogP contribution in [-0.2, 0) is 22.7 Å². The number of halogens is 3. The van der Waals surface area contributed by atoms with Gasteiger partial charge in [0.2, 0.25) is 15.6 Å². The lowest BCUT2D eigenvalue weighted by Crippen LogP contribution is -2.46. The van der Waals surface area contributed by atoms with Crippen LogP contribution in [0, 0.1) is 6.92 Å². The quantitative estimate of drug-likeness (QED) is 0.641. The van der Waals surface area contributed by atoms with Gasteiger partial charge in [0.05, 0.1) is 4.90 Å². The Morgan fingerprint density at radius 1 is 1.36 bits per heavy atom. The maximum Gasteiger partial charge on any atom is 0.424 e. The summed E-state index contributed by atoms with van der Waals surface area (Å²) in [5.41, 5.74) is -2.92. The molecule has 1 heterocycles. The number of nitrogens with two attached hydrogens (primary N) is 1. The van der Waals surface area contributed by atoms with E-state index in [0.29, 0.717) is 5.56 Å². The predicted octanol–water partition coefficient (Wildman–Crippen LogP) is 0.946. The number of carbonyl (C=O) groups excluding carboxylic acids is 1. The van der Waals surface area contributed by atoms with Gasteiger partial charge in [-0.1, -0.05) is 6.07 Å². The Hall–Kier alpha value is -2.44. The van der Waals surface area contributed by atoms with Crippen molar-refractivity contribution in [2.24, 2.45) is 12.2 Å². The van der Waals surface area contributed by atoms with Crippen LogP contribution < -0.4 is 10.5 Å². The van der Waals surface area contributed by atoms with E-state index in [1.807, 2.05) is 0 Å². The molecule has 0 saturated carbocycles. The zero-order chi connectivity index (χ0) is 21.3. The normalized spacial score (nSPS) is 14.5. The van der Waals surface area contributed by atoms with Gasteiger partial charge in [0.15, 0.2) is 0 Å². The Balaban J connectivity index is 2.20. The number of sulfonamides is 1. The summed E-state index contributed by atoms with van der Waals surface area (Å²) in [5, 5.41) is 17.5. The highest BCUT2D eigenvalue weighted by Gasteiger charge is 2.57. The zero-order valence-electron chi connectivity index (χ0n) is 15.0. The van der Waals surface area contributed by atoms with E-state index in [2.05, 4.69) is 10.3 Å². The van der Waals surface area contributed by atoms with Crippen LogP contribution in [0.2, 0.25) is 0 Å². The van der Waals surface area contributed by atoms with Crippen molar-refractivity contribution in [2.45, 2.75) is 30.0 Å². The van der Waals surface area contributed by atoms with Crippen LogP contribution in [0.4, 0.5) is 13.2 Å². The van der Waals surface area contributed by atoms with E-state index in [-0.39, 0.29) is 10.5 Å². The van der Waals surface area contributed by atoms with Crippen molar-refractivity contribution in [3.05, 3.63) is 47.5 Å². The van der Waals surface area contributed by atoms with Crippen LogP contribution in [0.15, 0.2) is 35.5 Å². The van der Waals surface area contributed by atoms with E-state index in [1.165, 1.54) is 32.3 Å². The number of hydrogen-bond acceptors (Lipinski definition) is 5. The van der Waals surface area contributed by atoms with Gasteiger partial charge in [0.1, 0.15) is 5.82 Å².